The predicted octanol–water partition coefficient (Wildman–Crippen LogP) is 3.84. The molecule has 2 aromatic carbocycles. The number of hydrogen-bond donors (Lipinski definition) is 1. The Kier molecular flexibility index (Phi) is 4.06. The van der Waals surface area contributed by atoms with Crippen LogP contribution in [-0.2, 0) is 24.9 Å². The fourth-order valence-corrected chi connectivity index (χ4v) is 3.79. The molecule has 2 fully saturated rings. The zero-order chi connectivity index (χ0) is 18.6. The molecule has 0 aliphatic carbocycles. The van der Waals surface area contributed by atoms with E-state index in [-0.39, 0.29) is 13.0 Å². The van der Waals surface area contributed by atoms with E-state index in [4.69, 9.17) is 37.7 Å². The average molecular weight is 395 g/mol. The number of carbonyl (C=O) groups excluding carboxylic acids is 1. The van der Waals surface area contributed by atoms with E-state index in [1.807, 2.05) is 0 Å². The first-order valence-electron chi connectivity index (χ1n) is 8.08. The highest BCUT2D eigenvalue weighted by molar-refractivity contribution is 6.30. The maximum absolute atomic E-state index is 12.4. The van der Waals surface area contributed by atoms with Crippen LogP contribution in [-0.4, -0.2) is 23.5 Å². The summed E-state index contributed by atoms with van der Waals surface area (Å²) < 4.78 is 5.07. The number of ether oxygens (including phenoxy) is 1. The van der Waals surface area contributed by atoms with Crippen molar-refractivity contribution in [1.82, 2.24) is 0 Å². The number of benzene rings is 2. The van der Waals surface area contributed by atoms with Crippen LogP contribution in [0, 0.1) is 5.41 Å². The van der Waals surface area contributed by atoms with Gasteiger partial charge in [-0.1, -0.05) is 47.5 Å². The minimum Gasteiger partial charge on any atom is -0.459 e. The molecule has 26 heavy (non-hydrogen) atoms. The Balaban J connectivity index is 1.88. The van der Waals surface area contributed by atoms with Crippen molar-refractivity contribution in [2.24, 2.45) is 5.41 Å². The second-order valence-corrected chi connectivity index (χ2v) is 7.75. The Morgan fingerprint density at radius 2 is 1.42 bits per heavy atom. The fraction of sp³-hybridized carbons (Fsp3) is 0.316. The number of carbonyl (C=O) groups is 1. The summed E-state index contributed by atoms with van der Waals surface area (Å²) in [5, 5.41) is 11.9. The number of cyclic esters (lactones) is 1. The van der Waals surface area contributed by atoms with Crippen molar-refractivity contribution < 1.29 is 24.4 Å². The highest BCUT2D eigenvalue weighted by Crippen LogP contribution is 2.56. The van der Waals surface area contributed by atoms with Gasteiger partial charge in [0.25, 0.3) is 0 Å². The van der Waals surface area contributed by atoms with Gasteiger partial charge in [0, 0.05) is 16.5 Å². The topological polar surface area (TPSA) is 65.0 Å². The molecule has 136 valence electrons. The molecule has 0 aromatic heterocycles. The molecule has 2 aliphatic rings. The molecule has 2 saturated heterocycles. The summed E-state index contributed by atoms with van der Waals surface area (Å²) in [4.78, 5) is 23.6. The summed E-state index contributed by atoms with van der Waals surface area (Å²) in [6.45, 7) is 1.34. The normalized spacial score (nSPS) is 29.9. The van der Waals surface area contributed by atoms with Gasteiger partial charge in [0.05, 0.1) is 0 Å². The van der Waals surface area contributed by atoms with Gasteiger partial charge in [-0.05, 0) is 42.3 Å². The Bertz CT molecular complexity index is 806. The number of hydrogen-bond acceptors (Lipinski definition) is 5. The Hall–Kier alpha value is -1.63. The Morgan fingerprint density at radius 3 is 1.92 bits per heavy atom. The van der Waals surface area contributed by atoms with Crippen LogP contribution in [0.4, 0.5) is 0 Å². The van der Waals surface area contributed by atoms with Gasteiger partial charge in [0.15, 0.2) is 5.60 Å². The largest absolute Gasteiger partial charge is 0.459 e. The summed E-state index contributed by atoms with van der Waals surface area (Å²) in [6, 6.07) is 14.1. The molecule has 2 heterocycles. The molecule has 0 spiro atoms. The average Bonchev–Trinajstić information content (AvgIpc) is 2.86. The van der Waals surface area contributed by atoms with E-state index in [1.54, 1.807) is 55.5 Å². The van der Waals surface area contributed by atoms with Gasteiger partial charge in [0.1, 0.15) is 12.0 Å². The molecule has 2 atom stereocenters. The lowest BCUT2D eigenvalue weighted by molar-refractivity contribution is -0.502. The van der Waals surface area contributed by atoms with Crippen molar-refractivity contribution in [3.05, 3.63) is 69.7 Å². The van der Waals surface area contributed by atoms with Crippen LogP contribution in [0.5, 0.6) is 0 Å². The van der Waals surface area contributed by atoms with Gasteiger partial charge < -0.3 is 9.84 Å². The van der Waals surface area contributed by atoms with E-state index >= 15 is 0 Å². The lowest BCUT2D eigenvalue weighted by Crippen LogP contribution is -2.58. The van der Waals surface area contributed by atoms with Crippen molar-refractivity contribution >= 4 is 29.2 Å². The molecule has 2 aromatic rings. The minimum absolute atomic E-state index is 0.124. The second kappa shape index (κ2) is 5.94. The molecule has 0 saturated carbocycles. The smallest absolute Gasteiger partial charge is 0.317 e. The van der Waals surface area contributed by atoms with Gasteiger partial charge in [-0.15, -0.1) is 0 Å². The molecule has 4 rings (SSSR count). The van der Waals surface area contributed by atoms with Crippen LogP contribution in [0.3, 0.4) is 0 Å². The van der Waals surface area contributed by atoms with E-state index < -0.39 is 22.8 Å². The van der Waals surface area contributed by atoms with Gasteiger partial charge in [-0.25, -0.2) is 4.89 Å². The number of halogens is 2. The van der Waals surface area contributed by atoms with Crippen LogP contribution < -0.4 is 0 Å². The number of fused-ring (bicyclic) bond motifs is 1. The van der Waals surface area contributed by atoms with Crippen molar-refractivity contribution in [1.29, 1.82) is 0 Å². The first kappa shape index (κ1) is 17.8. The number of aliphatic hydroxyl groups is 1. The standard InChI is InChI=1S/C19H16Cl2O5/c1-17-10-18(12-2-6-14(20)7-3-12,13-4-8-15(21)9-5-13)25-26-19(17,23)11-24-16(17)22/h2-9,23H,10-11H2,1H3. The maximum Gasteiger partial charge on any atom is 0.317 e. The van der Waals surface area contributed by atoms with Crippen molar-refractivity contribution in [2.45, 2.75) is 24.7 Å². The maximum atomic E-state index is 12.4. The number of rotatable bonds is 2. The van der Waals surface area contributed by atoms with Crippen LogP contribution in [0.25, 0.3) is 0 Å². The summed E-state index contributed by atoms with van der Waals surface area (Å²) in [5.74, 6) is -2.37. The van der Waals surface area contributed by atoms with Gasteiger partial charge in [-0.3, -0.25) is 4.79 Å². The number of esters is 1. The first-order valence-corrected chi connectivity index (χ1v) is 8.83. The van der Waals surface area contributed by atoms with Gasteiger partial charge >= 0.3 is 5.97 Å². The third-order valence-electron chi connectivity index (χ3n) is 5.26. The second-order valence-electron chi connectivity index (χ2n) is 6.88. The highest BCUT2D eigenvalue weighted by Gasteiger charge is 2.68. The van der Waals surface area contributed by atoms with E-state index in [1.165, 1.54) is 0 Å². The zero-order valence-corrected chi connectivity index (χ0v) is 15.4. The van der Waals surface area contributed by atoms with E-state index in [0.29, 0.717) is 10.0 Å². The molecular weight excluding hydrogens is 379 g/mol. The highest BCUT2D eigenvalue weighted by atomic mass is 35.5. The summed E-state index contributed by atoms with van der Waals surface area (Å²) in [5.41, 5.74) is -0.983. The molecule has 2 unspecified atom stereocenters. The van der Waals surface area contributed by atoms with Crippen LogP contribution in [0.1, 0.15) is 24.5 Å². The Labute approximate surface area is 160 Å². The molecule has 0 bridgehead atoms. The lowest BCUT2D eigenvalue weighted by Gasteiger charge is -2.47. The SMILES string of the molecule is CC12CC(c3ccc(Cl)cc3)(c3ccc(Cl)cc3)OOC1(O)COC2=O. The molecule has 2 aliphatic heterocycles. The van der Waals surface area contributed by atoms with Crippen LogP contribution in [0.15, 0.2) is 48.5 Å². The quantitative estimate of drug-likeness (QED) is 0.619. The summed E-state index contributed by atoms with van der Waals surface area (Å²) >= 11 is 12.0. The summed E-state index contributed by atoms with van der Waals surface area (Å²) in [6.07, 6.45) is 0.124. The third-order valence-corrected chi connectivity index (χ3v) is 5.76. The van der Waals surface area contributed by atoms with Crippen molar-refractivity contribution in [3.8, 4) is 0 Å². The molecule has 7 heteroatoms. The van der Waals surface area contributed by atoms with Crippen molar-refractivity contribution in [2.75, 3.05) is 6.61 Å². The fourth-order valence-electron chi connectivity index (χ4n) is 3.54. The molecule has 0 radical (unpaired) electrons. The minimum atomic E-state index is -1.84. The van der Waals surface area contributed by atoms with Gasteiger partial charge in [-0.2, -0.15) is 4.89 Å². The molecule has 0 amide bonds. The van der Waals surface area contributed by atoms with E-state index in [0.717, 1.165) is 11.1 Å². The van der Waals surface area contributed by atoms with E-state index in [2.05, 4.69) is 0 Å². The van der Waals surface area contributed by atoms with Crippen molar-refractivity contribution in [3.63, 3.8) is 0 Å². The lowest BCUT2D eigenvalue weighted by atomic mass is 9.68. The first-order chi connectivity index (χ1) is 12.3. The monoisotopic (exact) mass is 394 g/mol. The molecule has 1 N–H and O–H groups in total. The van der Waals surface area contributed by atoms with Crippen LogP contribution >= 0.6 is 23.2 Å². The zero-order valence-electron chi connectivity index (χ0n) is 13.9. The molecule has 5 nitrogen and oxygen atoms in total. The van der Waals surface area contributed by atoms with Crippen LogP contribution in [0.2, 0.25) is 10.0 Å². The molecular formula is C19H16Cl2O5. The van der Waals surface area contributed by atoms with Gasteiger partial charge in [0.2, 0.25) is 5.79 Å². The predicted molar refractivity (Wildman–Crippen MR) is 94.5 cm³/mol. The Morgan fingerprint density at radius 1 is 0.923 bits per heavy atom. The third kappa shape index (κ3) is 2.47. The summed E-state index contributed by atoms with van der Waals surface area (Å²) in [7, 11) is 0. The van der Waals surface area contributed by atoms with E-state index in [9.17, 15) is 9.90 Å².